The molecular weight excluding hydrogens is 636 g/mol. The van der Waals surface area contributed by atoms with Crippen LogP contribution in [0.25, 0.3) is 0 Å². The van der Waals surface area contributed by atoms with Crippen molar-refractivity contribution in [2.75, 3.05) is 66.5 Å². The van der Waals surface area contributed by atoms with E-state index in [-0.39, 0.29) is 53.9 Å². The highest BCUT2D eigenvalue weighted by molar-refractivity contribution is 5.90. The molecule has 4 aliphatic heterocycles. The molecule has 0 aromatic rings. The Morgan fingerprint density at radius 3 is 1.80 bits per heavy atom. The zero-order valence-corrected chi connectivity index (χ0v) is 33.2. The number of hydrogen-bond donors (Lipinski definition) is 1. The van der Waals surface area contributed by atoms with E-state index in [4.69, 9.17) is 0 Å². The summed E-state index contributed by atoms with van der Waals surface area (Å²) in [5, 5.41) is 2.44. The maximum absolute atomic E-state index is 13.6. The third-order valence-electron chi connectivity index (χ3n) is 9.29. The fourth-order valence-electron chi connectivity index (χ4n) is 6.61. The lowest BCUT2D eigenvalue weighted by atomic mass is 10.0. The largest absolute Gasteiger partial charge is 0.462 e. The summed E-state index contributed by atoms with van der Waals surface area (Å²) in [5.74, 6) is 1.07. The van der Waals surface area contributed by atoms with Gasteiger partial charge in [0.25, 0.3) is 6.47 Å². The maximum Gasteiger partial charge on any atom is 0.293 e. The fraction of sp³-hybridized carbons (Fsp3) is 0.868. The van der Waals surface area contributed by atoms with Crippen LogP contribution in [-0.2, 0) is 28.7 Å². The number of likely N-dealkylation sites (N-methyl/N-ethyl adjacent to an activating group) is 1. The van der Waals surface area contributed by atoms with E-state index in [1.807, 2.05) is 30.6 Å². The number of carbonyl (C=O) groups is 5. The molecule has 0 spiro atoms. The highest BCUT2D eigenvalue weighted by Gasteiger charge is 2.43. The predicted octanol–water partition coefficient (Wildman–Crippen LogP) is 4.02. The summed E-state index contributed by atoms with van der Waals surface area (Å²) >= 11 is 0. The van der Waals surface area contributed by atoms with Gasteiger partial charge in [-0.15, -0.1) is 0 Å². The van der Waals surface area contributed by atoms with Gasteiger partial charge in [0.1, 0.15) is 11.6 Å². The first-order valence-corrected chi connectivity index (χ1v) is 19.1. The van der Waals surface area contributed by atoms with Crippen LogP contribution < -0.4 is 5.32 Å². The highest BCUT2D eigenvalue weighted by Crippen LogP contribution is 2.28. The summed E-state index contributed by atoms with van der Waals surface area (Å²) in [6, 6.07) is -0.618. The Bertz CT molecular complexity index is 1000. The second kappa shape index (κ2) is 23.7. The van der Waals surface area contributed by atoms with E-state index in [0.717, 1.165) is 64.1 Å². The van der Waals surface area contributed by atoms with Crippen molar-refractivity contribution in [1.82, 2.24) is 29.8 Å². The molecule has 0 aliphatic carbocycles. The Labute approximate surface area is 304 Å². The van der Waals surface area contributed by atoms with Crippen molar-refractivity contribution >= 4 is 30.6 Å². The number of nitrogens with one attached hydrogen (secondary N) is 1. The van der Waals surface area contributed by atoms with E-state index in [0.29, 0.717) is 26.0 Å². The average Bonchev–Trinajstić information content (AvgIpc) is 3.84. The quantitative estimate of drug-likeness (QED) is 0.338. The summed E-state index contributed by atoms with van der Waals surface area (Å²) in [5.41, 5.74) is -0.318. The third kappa shape index (κ3) is 17.0. The molecule has 4 fully saturated rings. The van der Waals surface area contributed by atoms with Crippen molar-refractivity contribution in [2.24, 2.45) is 11.8 Å². The van der Waals surface area contributed by atoms with Crippen molar-refractivity contribution in [3.05, 3.63) is 0 Å². The molecule has 4 aliphatic rings. The van der Waals surface area contributed by atoms with E-state index < -0.39 is 0 Å². The van der Waals surface area contributed by atoms with Gasteiger partial charge >= 0.3 is 0 Å². The van der Waals surface area contributed by atoms with E-state index in [1.54, 1.807) is 11.9 Å². The number of rotatable bonds is 10. The van der Waals surface area contributed by atoms with Gasteiger partial charge in [0.2, 0.25) is 24.1 Å². The van der Waals surface area contributed by atoms with E-state index in [1.165, 1.54) is 32.4 Å². The van der Waals surface area contributed by atoms with Gasteiger partial charge in [0, 0.05) is 39.3 Å². The van der Waals surface area contributed by atoms with Crippen LogP contribution in [0.2, 0.25) is 0 Å². The Balaban J connectivity index is 0.000000564. The molecule has 0 aromatic heterocycles. The summed E-state index contributed by atoms with van der Waals surface area (Å²) in [4.78, 5) is 69.2. The van der Waals surface area contributed by atoms with Crippen LogP contribution >= 0.6 is 0 Å². The summed E-state index contributed by atoms with van der Waals surface area (Å²) in [7, 11) is 3.96. The van der Waals surface area contributed by atoms with Crippen LogP contribution in [0.15, 0.2) is 0 Å². The monoisotopic (exact) mass is 709 g/mol. The summed E-state index contributed by atoms with van der Waals surface area (Å²) < 4.78 is 4.55. The topological polar surface area (TPSA) is 123 Å². The number of ether oxygens (including phenoxy) is 1. The zero-order chi connectivity index (χ0) is 37.9. The molecule has 4 amide bonds. The van der Waals surface area contributed by atoms with Crippen LogP contribution in [0.5, 0.6) is 0 Å². The van der Waals surface area contributed by atoms with E-state index >= 15 is 0 Å². The van der Waals surface area contributed by atoms with Crippen molar-refractivity contribution in [2.45, 2.75) is 137 Å². The molecule has 290 valence electrons. The lowest BCUT2D eigenvalue weighted by Crippen LogP contribution is -2.55. The van der Waals surface area contributed by atoms with Gasteiger partial charge in [-0.3, -0.25) is 28.9 Å². The van der Waals surface area contributed by atoms with Gasteiger partial charge in [-0.2, -0.15) is 0 Å². The minimum atomic E-state index is -0.318. The van der Waals surface area contributed by atoms with Crippen molar-refractivity contribution in [3.8, 4) is 0 Å². The Kier molecular flexibility index (Phi) is 21.5. The highest BCUT2D eigenvalue weighted by atomic mass is 16.5. The SMILES string of the molecule is CC(C)(C)OC=O.CC(C)C.CC(C)[C@@H](CN1CCC[C@H]1C(=O)N1CCCC1C(=O)N1CCCC1)N(C)C(=O)CNC=O.CN1CCCCC1. The smallest absolute Gasteiger partial charge is 0.293 e. The average molecular weight is 709 g/mol. The third-order valence-corrected chi connectivity index (χ3v) is 9.29. The van der Waals surface area contributed by atoms with Crippen LogP contribution in [-0.4, -0.2) is 145 Å². The molecule has 3 atom stereocenters. The molecule has 12 nitrogen and oxygen atoms in total. The lowest BCUT2D eigenvalue weighted by molar-refractivity contribution is -0.146. The van der Waals surface area contributed by atoms with Crippen molar-refractivity contribution in [3.63, 3.8) is 0 Å². The maximum atomic E-state index is 13.6. The summed E-state index contributed by atoms with van der Waals surface area (Å²) in [6.07, 6.45) is 10.3. The molecule has 1 N–H and O–H groups in total. The van der Waals surface area contributed by atoms with Crippen molar-refractivity contribution in [1.29, 1.82) is 0 Å². The predicted molar refractivity (Wildman–Crippen MR) is 199 cm³/mol. The standard InChI is InChI=1S/C23H39N5O4.C6H13N.C5H10O2.C4H10/c1-17(2)20(25(3)21(30)14-24-16-29)15-27-12-6-8-18(27)23(32)28-13-7-9-19(28)22(31)26-10-4-5-11-26;1-7-5-3-2-4-6-7;1-5(2,3)7-4-6;1-4(2)3/h16-20H,4-15H2,1-3H3,(H,24,29);2-6H2,1H3;4H,1-3H3;4H,1-3H3/t18-,19?,20+;;;/m0.../s1. The van der Waals surface area contributed by atoms with Gasteiger partial charge in [-0.25, -0.2) is 0 Å². The van der Waals surface area contributed by atoms with E-state index in [9.17, 15) is 24.0 Å². The van der Waals surface area contributed by atoms with Crippen LogP contribution in [0.1, 0.15) is 113 Å². The minimum absolute atomic E-state index is 0.0281. The first kappa shape index (κ1) is 45.3. The lowest BCUT2D eigenvalue weighted by Gasteiger charge is -2.37. The van der Waals surface area contributed by atoms with Crippen LogP contribution in [0.3, 0.4) is 0 Å². The number of hydrogen-bond acceptors (Lipinski definition) is 8. The molecule has 12 heteroatoms. The van der Waals surface area contributed by atoms with Crippen molar-refractivity contribution < 1.29 is 28.7 Å². The van der Waals surface area contributed by atoms with Gasteiger partial charge in [0.05, 0.1) is 12.6 Å². The normalized spacial score (nSPS) is 21.6. The number of piperidine rings is 1. The molecule has 0 aromatic carbocycles. The molecule has 4 rings (SSSR count). The molecule has 0 saturated carbocycles. The number of nitrogens with zero attached hydrogens (tertiary/aromatic N) is 5. The first-order valence-electron chi connectivity index (χ1n) is 19.1. The number of carbonyl (C=O) groups excluding carboxylic acids is 5. The summed E-state index contributed by atoms with van der Waals surface area (Å²) in [6.45, 7) is 22.9. The second-order valence-electron chi connectivity index (χ2n) is 16.1. The van der Waals surface area contributed by atoms with Crippen LogP contribution in [0, 0.1) is 11.8 Å². The molecule has 4 saturated heterocycles. The number of amides is 4. The molecular formula is C38H72N6O6. The van der Waals surface area contributed by atoms with Gasteiger partial charge in [-0.05, 0) is 111 Å². The Hall–Kier alpha value is -2.73. The van der Waals surface area contributed by atoms with Gasteiger partial charge in [0.15, 0.2) is 0 Å². The van der Waals surface area contributed by atoms with E-state index in [2.05, 4.69) is 61.5 Å². The Morgan fingerprint density at radius 2 is 1.34 bits per heavy atom. The molecule has 0 radical (unpaired) electrons. The Morgan fingerprint density at radius 1 is 0.800 bits per heavy atom. The number of likely N-dealkylation sites (tertiary alicyclic amines) is 4. The van der Waals surface area contributed by atoms with Gasteiger partial charge in [-0.1, -0.05) is 41.0 Å². The molecule has 4 heterocycles. The molecule has 50 heavy (non-hydrogen) atoms. The zero-order valence-electron chi connectivity index (χ0n) is 33.2. The van der Waals surface area contributed by atoms with Crippen LogP contribution in [0.4, 0.5) is 0 Å². The second-order valence-corrected chi connectivity index (χ2v) is 16.1. The first-order chi connectivity index (χ1) is 23.5. The minimum Gasteiger partial charge on any atom is -0.462 e. The molecule has 0 bridgehead atoms. The van der Waals surface area contributed by atoms with Gasteiger partial charge < -0.3 is 29.7 Å². The fourth-order valence-corrected chi connectivity index (χ4v) is 6.61. The molecule has 1 unspecified atom stereocenters.